The van der Waals surface area contributed by atoms with E-state index in [1.54, 1.807) is 11.8 Å². The Hall–Kier alpha value is -1.32. The molecule has 0 aromatic heterocycles. The molecule has 0 radical (unpaired) electrons. The molecule has 2 aromatic carbocycles. The van der Waals surface area contributed by atoms with Gasteiger partial charge in [0.05, 0.1) is 22.1 Å². The molecule has 0 aliphatic carbocycles. The maximum Gasteiger partial charge on any atom is 0.0885 e. The highest BCUT2D eigenvalue weighted by Gasteiger charge is 2.22. The number of hydrogen-bond acceptors (Lipinski definition) is 3. The van der Waals surface area contributed by atoms with Crippen molar-refractivity contribution in [2.45, 2.75) is 29.1 Å². The van der Waals surface area contributed by atoms with E-state index in [-0.39, 0.29) is 0 Å². The number of fused-ring (bicyclic) bond motifs is 2. The fraction of sp³-hybridized carbons (Fsp3) is 0.294. The van der Waals surface area contributed by atoms with Crippen molar-refractivity contribution in [3.63, 3.8) is 0 Å². The average molecular weight is 317 g/mol. The molecule has 1 saturated heterocycles. The molecule has 2 nitrogen and oxygen atoms in total. The summed E-state index contributed by atoms with van der Waals surface area (Å²) in [4.78, 5) is 4.88. The molecular weight excluding hydrogens is 300 g/mol. The van der Waals surface area contributed by atoms with Crippen LogP contribution in [0.5, 0.6) is 0 Å². The third kappa shape index (κ3) is 2.39. The number of hydrogen-bond donors (Lipinski definition) is 1. The van der Waals surface area contributed by atoms with Gasteiger partial charge in [0, 0.05) is 22.9 Å². The zero-order valence-corrected chi connectivity index (χ0v) is 13.3. The first-order chi connectivity index (χ1) is 10.3. The Kier molecular flexibility index (Phi) is 3.48. The summed E-state index contributed by atoms with van der Waals surface area (Å²) in [6.45, 7) is 2.23. The molecule has 2 heterocycles. The van der Waals surface area contributed by atoms with Gasteiger partial charge >= 0.3 is 0 Å². The van der Waals surface area contributed by atoms with Gasteiger partial charge in [0.25, 0.3) is 0 Å². The Morgan fingerprint density at radius 3 is 2.62 bits per heavy atom. The molecule has 0 atom stereocenters. The van der Waals surface area contributed by atoms with Crippen molar-refractivity contribution in [2.75, 3.05) is 23.3 Å². The zero-order chi connectivity index (χ0) is 14.2. The van der Waals surface area contributed by atoms with Gasteiger partial charge in [-0.2, -0.15) is 0 Å². The molecule has 1 fully saturated rings. The van der Waals surface area contributed by atoms with Crippen molar-refractivity contribution in [3.05, 3.63) is 41.4 Å². The number of benzene rings is 2. The minimum atomic E-state index is 0.858. The van der Waals surface area contributed by atoms with E-state index in [4.69, 9.17) is 11.6 Å². The van der Waals surface area contributed by atoms with Gasteiger partial charge in [0.15, 0.2) is 0 Å². The summed E-state index contributed by atoms with van der Waals surface area (Å²) >= 11 is 8.50. The summed E-state index contributed by atoms with van der Waals surface area (Å²) in [5, 5.41) is 4.37. The van der Waals surface area contributed by atoms with Crippen LogP contribution in [0.25, 0.3) is 0 Å². The van der Waals surface area contributed by atoms with Crippen molar-refractivity contribution in [1.29, 1.82) is 0 Å². The summed E-state index contributed by atoms with van der Waals surface area (Å²) in [7, 11) is 0. The number of para-hydroxylation sites is 1. The van der Waals surface area contributed by atoms with Crippen LogP contribution in [0.4, 0.5) is 17.1 Å². The van der Waals surface area contributed by atoms with Gasteiger partial charge in [-0.05, 0) is 43.5 Å². The number of nitrogens with one attached hydrogen (secondary N) is 1. The lowest BCUT2D eigenvalue weighted by atomic mass is 10.1. The molecule has 0 unspecified atom stereocenters. The topological polar surface area (TPSA) is 15.3 Å². The normalized spacial score (nSPS) is 16.9. The highest BCUT2D eigenvalue weighted by Crippen LogP contribution is 2.49. The molecule has 0 spiro atoms. The third-order valence-corrected chi connectivity index (χ3v) is 5.67. The van der Waals surface area contributed by atoms with Gasteiger partial charge < -0.3 is 10.2 Å². The Morgan fingerprint density at radius 2 is 1.76 bits per heavy atom. The van der Waals surface area contributed by atoms with E-state index >= 15 is 0 Å². The minimum absolute atomic E-state index is 0.858. The largest absolute Gasteiger partial charge is 0.370 e. The quantitative estimate of drug-likeness (QED) is 0.634. The zero-order valence-electron chi connectivity index (χ0n) is 11.7. The van der Waals surface area contributed by atoms with Gasteiger partial charge in [-0.15, -0.1) is 0 Å². The summed E-state index contributed by atoms with van der Waals surface area (Å²) in [6.07, 6.45) is 3.86. The number of anilines is 3. The van der Waals surface area contributed by atoms with Gasteiger partial charge in [0.2, 0.25) is 0 Å². The number of halogens is 1. The number of nitrogens with zero attached hydrogens (tertiary/aromatic N) is 1. The van der Waals surface area contributed by atoms with Crippen LogP contribution >= 0.6 is 23.4 Å². The second kappa shape index (κ2) is 5.47. The summed E-state index contributed by atoms with van der Waals surface area (Å²) in [5.74, 6) is 0. The number of piperidine rings is 1. The first-order valence-electron chi connectivity index (χ1n) is 7.44. The molecule has 4 rings (SSSR count). The van der Waals surface area contributed by atoms with Crippen molar-refractivity contribution in [2.24, 2.45) is 0 Å². The molecule has 0 amide bonds. The van der Waals surface area contributed by atoms with E-state index in [9.17, 15) is 0 Å². The Balaban J connectivity index is 1.72. The van der Waals surface area contributed by atoms with Crippen LogP contribution in [0.1, 0.15) is 19.3 Å². The minimum Gasteiger partial charge on any atom is -0.370 e. The third-order valence-electron chi connectivity index (χ3n) is 4.15. The molecule has 0 saturated carbocycles. The van der Waals surface area contributed by atoms with Crippen LogP contribution in [0.3, 0.4) is 0 Å². The van der Waals surface area contributed by atoms with Crippen LogP contribution in [-0.2, 0) is 0 Å². The molecule has 2 aliphatic heterocycles. The predicted molar refractivity (Wildman–Crippen MR) is 91.4 cm³/mol. The lowest BCUT2D eigenvalue weighted by Crippen LogP contribution is -2.29. The van der Waals surface area contributed by atoms with Crippen molar-refractivity contribution in [3.8, 4) is 0 Å². The van der Waals surface area contributed by atoms with Gasteiger partial charge in [0.1, 0.15) is 0 Å². The first kappa shape index (κ1) is 13.4. The van der Waals surface area contributed by atoms with Crippen LogP contribution < -0.4 is 10.2 Å². The molecule has 2 aromatic rings. The Morgan fingerprint density at radius 1 is 0.952 bits per heavy atom. The van der Waals surface area contributed by atoms with Gasteiger partial charge in [-0.1, -0.05) is 35.5 Å². The summed E-state index contributed by atoms with van der Waals surface area (Å²) < 4.78 is 0. The van der Waals surface area contributed by atoms with E-state index in [1.807, 2.05) is 0 Å². The maximum atomic E-state index is 6.71. The van der Waals surface area contributed by atoms with E-state index in [1.165, 1.54) is 34.7 Å². The van der Waals surface area contributed by atoms with Crippen molar-refractivity contribution >= 4 is 40.4 Å². The molecule has 2 aliphatic rings. The summed E-state index contributed by atoms with van der Waals surface area (Å²) in [5.41, 5.74) is 3.37. The van der Waals surface area contributed by atoms with E-state index in [0.717, 1.165) is 29.5 Å². The Bertz CT molecular complexity index is 680. The monoisotopic (exact) mass is 316 g/mol. The second-order valence-corrected chi connectivity index (χ2v) is 7.00. The fourth-order valence-corrected chi connectivity index (χ4v) is 4.43. The Labute approximate surface area is 134 Å². The second-order valence-electron chi connectivity index (χ2n) is 5.54. The molecular formula is C17H17ClN2S. The molecule has 21 heavy (non-hydrogen) atoms. The predicted octanol–water partition coefficient (Wildman–Crippen LogP) is 5.54. The van der Waals surface area contributed by atoms with Crippen molar-refractivity contribution < 1.29 is 0 Å². The lowest BCUT2D eigenvalue weighted by molar-refractivity contribution is 0.578. The lowest BCUT2D eigenvalue weighted by Gasteiger charge is -2.31. The number of rotatable bonds is 1. The van der Waals surface area contributed by atoms with Gasteiger partial charge in [-0.3, -0.25) is 0 Å². The SMILES string of the molecule is Clc1c(N2CCCCC2)ccc2c1Nc1ccccc1S2. The average Bonchev–Trinajstić information content (AvgIpc) is 2.55. The fourth-order valence-electron chi connectivity index (χ4n) is 3.04. The van der Waals surface area contributed by atoms with Gasteiger partial charge in [-0.25, -0.2) is 0 Å². The smallest absolute Gasteiger partial charge is 0.0885 e. The van der Waals surface area contributed by atoms with Crippen LogP contribution in [-0.4, -0.2) is 13.1 Å². The maximum absolute atomic E-state index is 6.71. The van der Waals surface area contributed by atoms with Crippen LogP contribution in [0.15, 0.2) is 46.2 Å². The van der Waals surface area contributed by atoms with E-state index in [2.05, 4.69) is 46.6 Å². The van der Waals surface area contributed by atoms with E-state index < -0.39 is 0 Å². The van der Waals surface area contributed by atoms with E-state index in [0.29, 0.717) is 0 Å². The standard InChI is InChI=1S/C17H17ClN2S/c18-16-13(20-10-4-1-5-11-20)8-9-15-17(16)19-12-6-2-3-7-14(12)21-15/h2-3,6-9,19H,1,4-5,10-11H2. The molecule has 4 heteroatoms. The first-order valence-corrected chi connectivity index (χ1v) is 8.64. The van der Waals surface area contributed by atoms with Crippen LogP contribution in [0.2, 0.25) is 5.02 Å². The molecule has 1 N–H and O–H groups in total. The highest BCUT2D eigenvalue weighted by molar-refractivity contribution is 7.99. The molecule has 108 valence electrons. The highest BCUT2D eigenvalue weighted by atomic mass is 35.5. The summed E-state index contributed by atoms with van der Waals surface area (Å²) in [6, 6.07) is 12.7. The van der Waals surface area contributed by atoms with Crippen LogP contribution in [0, 0.1) is 0 Å². The van der Waals surface area contributed by atoms with Crippen molar-refractivity contribution in [1.82, 2.24) is 0 Å². The molecule has 0 bridgehead atoms.